The largest absolute Gasteiger partial charge is 0.301 e. The summed E-state index contributed by atoms with van der Waals surface area (Å²) in [5.74, 6) is 0.631. The Labute approximate surface area is 209 Å². The SMILES string of the molecule is C=CCn1c(SCC(=O)Nc2ncc(Cc3cccc(Cl)c3)s2)nnc1-c1ccccc1Cl. The molecule has 0 unspecified atom stereocenters. The van der Waals surface area contributed by atoms with E-state index in [1.54, 1.807) is 18.3 Å². The van der Waals surface area contributed by atoms with Gasteiger partial charge in [-0.1, -0.05) is 65.3 Å². The summed E-state index contributed by atoms with van der Waals surface area (Å²) in [5, 5.41) is 13.8. The predicted molar refractivity (Wildman–Crippen MR) is 136 cm³/mol. The molecule has 0 aliphatic carbocycles. The molecule has 1 N–H and O–H groups in total. The van der Waals surface area contributed by atoms with Crippen molar-refractivity contribution in [3.05, 3.63) is 87.9 Å². The van der Waals surface area contributed by atoms with Gasteiger partial charge in [0.05, 0.1) is 10.8 Å². The molecule has 2 aromatic heterocycles. The van der Waals surface area contributed by atoms with Crippen molar-refractivity contribution in [2.75, 3.05) is 11.1 Å². The van der Waals surface area contributed by atoms with Gasteiger partial charge in [0.1, 0.15) is 0 Å². The molecule has 0 saturated heterocycles. The molecule has 4 aromatic rings. The first-order valence-corrected chi connectivity index (χ1v) is 12.5. The molecule has 0 bridgehead atoms. The number of carbonyl (C=O) groups is 1. The molecule has 0 radical (unpaired) electrons. The molecule has 2 aromatic carbocycles. The molecule has 10 heteroatoms. The predicted octanol–water partition coefficient (Wildman–Crippen LogP) is 6.22. The van der Waals surface area contributed by atoms with E-state index in [4.69, 9.17) is 23.2 Å². The van der Waals surface area contributed by atoms with Crippen LogP contribution in [0.15, 0.2) is 72.5 Å². The van der Waals surface area contributed by atoms with Crippen LogP contribution in [0.25, 0.3) is 11.4 Å². The van der Waals surface area contributed by atoms with Crippen molar-refractivity contribution in [1.82, 2.24) is 19.7 Å². The summed E-state index contributed by atoms with van der Waals surface area (Å²) in [6.07, 6.45) is 4.23. The van der Waals surface area contributed by atoms with E-state index in [1.165, 1.54) is 23.1 Å². The molecular formula is C23H19Cl2N5OS2. The maximum atomic E-state index is 12.5. The fourth-order valence-corrected chi connectivity index (χ4v) is 5.16. The van der Waals surface area contributed by atoms with Gasteiger partial charge in [0.25, 0.3) is 0 Å². The highest BCUT2D eigenvalue weighted by Gasteiger charge is 2.17. The molecule has 0 aliphatic heterocycles. The fraction of sp³-hybridized carbons (Fsp3) is 0.130. The van der Waals surface area contributed by atoms with E-state index in [0.29, 0.717) is 39.1 Å². The van der Waals surface area contributed by atoms with Gasteiger partial charge in [-0.3, -0.25) is 9.36 Å². The first-order chi connectivity index (χ1) is 16.0. The van der Waals surface area contributed by atoms with Gasteiger partial charge >= 0.3 is 0 Å². The lowest BCUT2D eigenvalue weighted by Gasteiger charge is -2.08. The van der Waals surface area contributed by atoms with Gasteiger partial charge in [-0.25, -0.2) is 4.98 Å². The van der Waals surface area contributed by atoms with E-state index < -0.39 is 0 Å². The zero-order chi connectivity index (χ0) is 23.2. The number of carbonyl (C=O) groups excluding carboxylic acids is 1. The lowest BCUT2D eigenvalue weighted by molar-refractivity contribution is -0.113. The third-order valence-corrected chi connectivity index (χ3v) is 6.99. The van der Waals surface area contributed by atoms with Crippen molar-refractivity contribution >= 4 is 57.3 Å². The maximum Gasteiger partial charge on any atom is 0.236 e. The second-order valence-corrected chi connectivity index (χ2v) is 9.86. The van der Waals surface area contributed by atoms with Crippen molar-refractivity contribution in [1.29, 1.82) is 0 Å². The lowest BCUT2D eigenvalue weighted by Crippen LogP contribution is -2.14. The summed E-state index contributed by atoms with van der Waals surface area (Å²) < 4.78 is 1.89. The number of nitrogens with one attached hydrogen (secondary N) is 1. The number of aromatic nitrogens is 4. The summed E-state index contributed by atoms with van der Waals surface area (Å²) >= 11 is 15.1. The Bertz CT molecular complexity index is 1290. The second-order valence-electron chi connectivity index (χ2n) is 6.96. The van der Waals surface area contributed by atoms with Crippen LogP contribution in [0.1, 0.15) is 10.4 Å². The van der Waals surface area contributed by atoms with Gasteiger partial charge in [0.15, 0.2) is 16.1 Å². The number of rotatable bonds is 9. The number of hydrogen-bond donors (Lipinski definition) is 1. The molecule has 0 saturated carbocycles. The number of thiazole rings is 1. The minimum absolute atomic E-state index is 0.168. The van der Waals surface area contributed by atoms with Crippen LogP contribution >= 0.6 is 46.3 Å². The number of thioether (sulfide) groups is 1. The summed E-state index contributed by atoms with van der Waals surface area (Å²) in [6, 6.07) is 15.1. The first kappa shape index (κ1) is 23.5. The van der Waals surface area contributed by atoms with Gasteiger partial charge in [-0.2, -0.15) is 0 Å². The van der Waals surface area contributed by atoms with Crippen molar-refractivity contribution in [2.45, 2.75) is 18.1 Å². The Morgan fingerprint density at radius 2 is 2.03 bits per heavy atom. The molecule has 0 aliphatic rings. The monoisotopic (exact) mass is 515 g/mol. The second kappa shape index (κ2) is 11.0. The van der Waals surface area contributed by atoms with Crippen molar-refractivity contribution in [2.24, 2.45) is 0 Å². The normalized spacial score (nSPS) is 10.8. The Morgan fingerprint density at radius 1 is 1.18 bits per heavy atom. The number of amides is 1. The highest BCUT2D eigenvalue weighted by Crippen LogP contribution is 2.29. The molecule has 2 heterocycles. The molecule has 6 nitrogen and oxygen atoms in total. The molecular weight excluding hydrogens is 497 g/mol. The zero-order valence-corrected chi connectivity index (χ0v) is 20.5. The number of anilines is 1. The van der Waals surface area contributed by atoms with Gasteiger partial charge in [0.2, 0.25) is 5.91 Å². The Balaban J connectivity index is 1.39. The first-order valence-electron chi connectivity index (χ1n) is 9.94. The van der Waals surface area contributed by atoms with Crippen molar-refractivity contribution < 1.29 is 4.79 Å². The van der Waals surface area contributed by atoms with Crippen LogP contribution in [-0.2, 0) is 17.8 Å². The number of halogens is 2. The Kier molecular flexibility index (Phi) is 7.82. The number of benzene rings is 2. The summed E-state index contributed by atoms with van der Waals surface area (Å²) in [6.45, 7) is 4.31. The molecule has 0 atom stereocenters. The maximum absolute atomic E-state index is 12.5. The van der Waals surface area contributed by atoms with E-state index >= 15 is 0 Å². The molecule has 4 rings (SSSR count). The highest BCUT2D eigenvalue weighted by molar-refractivity contribution is 7.99. The van der Waals surface area contributed by atoms with E-state index in [9.17, 15) is 4.79 Å². The van der Waals surface area contributed by atoms with Crippen molar-refractivity contribution in [3.63, 3.8) is 0 Å². The van der Waals surface area contributed by atoms with Gasteiger partial charge in [0, 0.05) is 34.6 Å². The third-order valence-electron chi connectivity index (χ3n) is 4.54. The summed E-state index contributed by atoms with van der Waals surface area (Å²) in [4.78, 5) is 17.9. The molecule has 0 spiro atoms. The minimum atomic E-state index is -0.170. The van der Waals surface area contributed by atoms with Crippen LogP contribution in [0.2, 0.25) is 10.0 Å². The molecule has 33 heavy (non-hydrogen) atoms. The fourth-order valence-electron chi connectivity index (χ4n) is 3.11. The van der Waals surface area contributed by atoms with E-state index in [2.05, 4.69) is 27.1 Å². The Hall–Kier alpha value is -2.65. The molecule has 1 amide bonds. The summed E-state index contributed by atoms with van der Waals surface area (Å²) in [5.41, 5.74) is 1.87. The number of allylic oxidation sites excluding steroid dienone is 1. The van der Waals surface area contributed by atoms with Gasteiger partial charge in [-0.05, 0) is 29.8 Å². The van der Waals surface area contributed by atoms with E-state index in [-0.39, 0.29) is 11.7 Å². The van der Waals surface area contributed by atoms with Crippen LogP contribution in [0.5, 0.6) is 0 Å². The van der Waals surface area contributed by atoms with Crippen molar-refractivity contribution in [3.8, 4) is 11.4 Å². The van der Waals surface area contributed by atoms with E-state index in [1.807, 2.05) is 47.0 Å². The lowest BCUT2D eigenvalue weighted by atomic mass is 10.1. The average Bonchev–Trinajstić information content (AvgIpc) is 3.40. The molecule has 168 valence electrons. The number of hydrogen-bond acceptors (Lipinski definition) is 6. The Morgan fingerprint density at radius 3 is 2.82 bits per heavy atom. The topological polar surface area (TPSA) is 72.7 Å². The number of nitrogens with zero attached hydrogens (tertiary/aromatic N) is 4. The molecule has 0 fully saturated rings. The standard InChI is InChI=1S/C23H19Cl2N5OS2/c1-2-10-30-21(18-8-3-4-9-19(18)25)28-29-23(30)32-14-20(31)27-22-26-13-17(33-22)12-15-6-5-7-16(24)11-15/h2-9,11,13H,1,10,12,14H2,(H,26,27,31). The smallest absolute Gasteiger partial charge is 0.236 e. The minimum Gasteiger partial charge on any atom is -0.301 e. The summed E-state index contributed by atoms with van der Waals surface area (Å²) in [7, 11) is 0. The van der Waals surface area contributed by atoms with Gasteiger partial charge in [-0.15, -0.1) is 28.1 Å². The quantitative estimate of drug-likeness (QED) is 0.211. The zero-order valence-electron chi connectivity index (χ0n) is 17.4. The van der Waals surface area contributed by atoms with Crippen LogP contribution in [0.4, 0.5) is 5.13 Å². The van der Waals surface area contributed by atoms with Crippen LogP contribution in [0, 0.1) is 0 Å². The highest BCUT2D eigenvalue weighted by atomic mass is 35.5. The third kappa shape index (κ3) is 6.03. The average molecular weight is 516 g/mol. The van der Waals surface area contributed by atoms with Crippen LogP contribution in [0.3, 0.4) is 0 Å². The van der Waals surface area contributed by atoms with Gasteiger partial charge < -0.3 is 5.32 Å². The van der Waals surface area contributed by atoms with Crippen LogP contribution < -0.4 is 5.32 Å². The van der Waals surface area contributed by atoms with Crippen LogP contribution in [-0.4, -0.2) is 31.4 Å². The van der Waals surface area contributed by atoms with E-state index in [0.717, 1.165) is 16.0 Å².